The van der Waals surface area contributed by atoms with Crippen molar-refractivity contribution in [3.05, 3.63) is 23.9 Å². The smallest absolute Gasteiger partial charge is 0.133 e. The highest BCUT2D eigenvalue weighted by Crippen LogP contribution is 2.21. The average Bonchev–Trinajstić information content (AvgIpc) is 2.27. The Morgan fingerprint density at radius 1 is 1.44 bits per heavy atom. The van der Waals surface area contributed by atoms with Gasteiger partial charge >= 0.3 is 0 Å². The Morgan fingerprint density at radius 2 is 2.12 bits per heavy atom. The van der Waals surface area contributed by atoms with Gasteiger partial charge in [0.25, 0.3) is 0 Å². The van der Waals surface area contributed by atoms with Gasteiger partial charge in [-0.1, -0.05) is 6.07 Å². The van der Waals surface area contributed by atoms with Gasteiger partial charge in [-0.15, -0.1) is 0 Å². The number of rotatable bonds is 2. The van der Waals surface area contributed by atoms with Crippen LogP contribution in [0.2, 0.25) is 0 Å². The Kier molecular flexibility index (Phi) is 3.41. The zero-order chi connectivity index (χ0) is 11.5. The first-order chi connectivity index (χ1) is 7.70. The van der Waals surface area contributed by atoms with E-state index in [1.54, 1.807) is 0 Å². The van der Waals surface area contributed by atoms with Gasteiger partial charge in [-0.2, -0.15) is 0 Å². The lowest BCUT2D eigenvalue weighted by Crippen LogP contribution is -2.46. The molecule has 1 saturated heterocycles. The minimum Gasteiger partial charge on any atom is -0.372 e. The Morgan fingerprint density at radius 3 is 2.75 bits per heavy atom. The number of aromatic nitrogens is 1. The minimum atomic E-state index is 0.247. The summed E-state index contributed by atoms with van der Waals surface area (Å²) in [6, 6.07) is 3.96. The van der Waals surface area contributed by atoms with Crippen LogP contribution in [-0.4, -0.2) is 30.3 Å². The first kappa shape index (κ1) is 11.4. The zero-order valence-corrected chi connectivity index (χ0v) is 9.89. The summed E-state index contributed by atoms with van der Waals surface area (Å²) in [5.41, 5.74) is 6.83. The van der Waals surface area contributed by atoms with Crippen molar-refractivity contribution in [2.45, 2.75) is 32.6 Å². The molecule has 1 aliphatic heterocycles. The molecular weight excluding hydrogens is 202 g/mol. The van der Waals surface area contributed by atoms with Gasteiger partial charge in [-0.25, -0.2) is 4.98 Å². The van der Waals surface area contributed by atoms with Gasteiger partial charge in [-0.05, 0) is 19.9 Å². The number of anilines is 1. The van der Waals surface area contributed by atoms with Crippen LogP contribution >= 0.6 is 0 Å². The predicted octanol–water partition coefficient (Wildman–Crippen LogP) is 1.15. The Labute approximate surface area is 96.4 Å². The van der Waals surface area contributed by atoms with Crippen molar-refractivity contribution in [3.63, 3.8) is 0 Å². The molecular formula is C12H19N3O. The summed E-state index contributed by atoms with van der Waals surface area (Å²) in [6.45, 7) is 6.48. The minimum absolute atomic E-state index is 0.247. The maximum Gasteiger partial charge on any atom is 0.133 e. The van der Waals surface area contributed by atoms with E-state index in [-0.39, 0.29) is 12.2 Å². The molecule has 0 spiro atoms. The van der Waals surface area contributed by atoms with Crippen LogP contribution in [0.25, 0.3) is 0 Å². The third-order valence-corrected chi connectivity index (χ3v) is 2.81. The summed E-state index contributed by atoms with van der Waals surface area (Å²) in [4.78, 5) is 6.70. The van der Waals surface area contributed by atoms with E-state index in [1.165, 1.54) is 0 Å². The quantitative estimate of drug-likeness (QED) is 0.814. The third-order valence-electron chi connectivity index (χ3n) is 2.81. The summed E-state index contributed by atoms with van der Waals surface area (Å²) in [5, 5.41) is 0. The summed E-state index contributed by atoms with van der Waals surface area (Å²) in [7, 11) is 0. The number of morpholine rings is 1. The van der Waals surface area contributed by atoms with Crippen molar-refractivity contribution in [2.75, 3.05) is 18.0 Å². The zero-order valence-electron chi connectivity index (χ0n) is 9.89. The van der Waals surface area contributed by atoms with Crippen LogP contribution in [0.15, 0.2) is 18.3 Å². The summed E-state index contributed by atoms with van der Waals surface area (Å²) in [6.07, 6.45) is 2.31. The molecule has 0 bridgehead atoms. The molecule has 4 nitrogen and oxygen atoms in total. The van der Waals surface area contributed by atoms with Crippen LogP contribution < -0.4 is 10.6 Å². The van der Waals surface area contributed by atoms with Gasteiger partial charge in [0.15, 0.2) is 0 Å². The summed E-state index contributed by atoms with van der Waals surface area (Å²) < 4.78 is 5.71. The number of nitrogens with zero attached hydrogens (tertiary/aromatic N) is 2. The maximum atomic E-state index is 5.73. The second-order valence-electron chi connectivity index (χ2n) is 4.35. The van der Waals surface area contributed by atoms with Crippen molar-refractivity contribution in [3.8, 4) is 0 Å². The summed E-state index contributed by atoms with van der Waals surface area (Å²) in [5.74, 6) is 1.01. The van der Waals surface area contributed by atoms with E-state index in [9.17, 15) is 0 Å². The first-order valence-electron chi connectivity index (χ1n) is 5.75. The van der Waals surface area contributed by atoms with Gasteiger partial charge in [0.2, 0.25) is 0 Å². The van der Waals surface area contributed by atoms with Crippen LogP contribution in [0.4, 0.5) is 5.82 Å². The first-order valence-corrected chi connectivity index (χ1v) is 5.75. The van der Waals surface area contributed by atoms with Gasteiger partial charge in [0.05, 0.1) is 12.2 Å². The number of ether oxygens (including phenoxy) is 1. The monoisotopic (exact) mass is 221 g/mol. The van der Waals surface area contributed by atoms with Gasteiger partial charge < -0.3 is 15.4 Å². The molecule has 16 heavy (non-hydrogen) atoms. The molecule has 2 heterocycles. The van der Waals surface area contributed by atoms with Crippen LogP contribution in [0.5, 0.6) is 0 Å². The van der Waals surface area contributed by atoms with Crippen LogP contribution in [0.3, 0.4) is 0 Å². The van der Waals surface area contributed by atoms with E-state index in [2.05, 4.69) is 23.7 Å². The third kappa shape index (κ3) is 2.33. The molecule has 1 aromatic rings. The molecule has 2 rings (SSSR count). The van der Waals surface area contributed by atoms with Gasteiger partial charge in [-0.3, -0.25) is 0 Å². The van der Waals surface area contributed by atoms with E-state index in [4.69, 9.17) is 10.5 Å². The summed E-state index contributed by atoms with van der Waals surface area (Å²) >= 11 is 0. The van der Waals surface area contributed by atoms with E-state index >= 15 is 0 Å². The highest BCUT2D eigenvalue weighted by molar-refractivity contribution is 5.47. The van der Waals surface area contributed by atoms with E-state index in [0.717, 1.165) is 24.5 Å². The lowest BCUT2D eigenvalue weighted by atomic mass is 10.2. The Bertz CT molecular complexity index is 346. The van der Waals surface area contributed by atoms with E-state index < -0.39 is 0 Å². The molecule has 0 aliphatic carbocycles. The number of hydrogen-bond donors (Lipinski definition) is 1. The van der Waals surface area contributed by atoms with Crippen molar-refractivity contribution < 1.29 is 4.74 Å². The van der Waals surface area contributed by atoms with E-state index in [1.807, 2.05) is 18.3 Å². The van der Waals surface area contributed by atoms with Crippen molar-refractivity contribution in [1.29, 1.82) is 0 Å². The molecule has 2 atom stereocenters. The molecule has 1 aromatic heterocycles. The predicted molar refractivity (Wildman–Crippen MR) is 64.4 cm³/mol. The topological polar surface area (TPSA) is 51.4 Å². The lowest BCUT2D eigenvalue weighted by Gasteiger charge is -2.36. The van der Waals surface area contributed by atoms with Crippen molar-refractivity contribution in [1.82, 2.24) is 4.98 Å². The SMILES string of the molecule is C[C@@H]1CN(c2ncccc2CN)C[C@H](C)O1. The molecule has 0 amide bonds. The highest BCUT2D eigenvalue weighted by Gasteiger charge is 2.24. The maximum absolute atomic E-state index is 5.73. The molecule has 0 radical (unpaired) electrons. The molecule has 1 fully saturated rings. The van der Waals surface area contributed by atoms with Crippen molar-refractivity contribution >= 4 is 5.82 Å². The van der Waals surface area contributed by atoms with Crippen LogP contribution in [-0.2, 0) is 11.3 Å². The molecule has 2 N–H and O–H groups in total. The van der Waals surface area contributed by atoms with Crippen molar-refractivity contribution in [2.24, 2.45) is 5.73 Å². The fraction of sp³-hybridized carbons (Fsp3) is 0.583. The Balaban J connectivity index is 2.22. The fourth-order valence-corrected chi connectivity index (χ4v) is 2.23. The standard InChI is InChI=1S/C12H19N3O/c1-9-7-15(8-10(2)16-9)12-11(6-13)4-3-5-14-12/h3-5,9-10H,6-8,13H2,1-2H3/t9-,10+. The molecule has 0 aromatic carbocycles. The largest absolute Gasteiger partial charge is 0.372 e. The molecule has 1 aliphatic rings. The normalized spacial score (nSPS) is 25.8. The average molecular weight is 221 g/mol. The van der Waals surface area contributed by atoms with Crippen LogP contribution in [0.1, 0.15) is 19.4 Å². The van der Waals surface area contributed by atoms with Gasteiger partial charge in [0.1, 0.15) is 5.82 Å². The highest BCUT2D eigenvalue weighted by atomic mass is 16.5. The van der Waals surface area contributed by atoms with Crippen LogP contribution in [0, 0.1) is 0 Å². The van der Waals surface area contributed by atoms with Gasteiger partial charge in [0, 0.05) is 31.4 Å². The number of hydrogen-bond acceptors (Lipinski definition) is 4. The second-order valence-corrected chi connectivity index (χ2v) is 4.35. The Hall–Kier alpha value is -1.13. The fourth-order valence-electron chi connectivity index (χ4n) is 2.23. The number of pyridine rings is 1. The molecule has 4 heteroatoms. The molecule has 0 unspecified atom stereocenters. The lowest BCUT2D eigenvalue weighted by molar-refractivity contribution is -0.00550. The van der Waals surface area contributed by atoms with E-state index in [0.29, 0.717) is 6.54 Å². The molecule has 0 saturated carbocycles. The molecule has 88 valence electrons. The second kappa shape index (κ2) is 4.80. The number of nitrogens with two attached hydrogens (primary N) is 1.